The van der Waals surface area contributed by atoms with E-state index >= 15 is 0 Å². The number of pyridine rings is 1. The molecule has 1 aliphatic rings. The van der Waals surface area contributed by atoms with Crippen molar-refractivity contribution in [3.05, 3.63) is 28.7 Å². The van der Waals surface area contributed by atoms with Crippen LogP contribution >= 0.6 is 0 Å². The summed E-state index contributed by atoms with van der Waals surface area (Å²) in [6.45, 7) is 1.48. The first-order chi connectivity index (χ1) is 6.77. The van der Waals surface area contributed by atoms with Crippen LogP contribution in [0.1, 0.15) is 18.9 Å². The summed E-state index contributed by atoms with van der Waals surface area (Å²) in [4.78, 5) is 11.6. The predicted octanol–water partition coefficient (Wildman–Crippen LogP) is 0.782. The first kappa shape index (κ1) is 9.27. The van der Waals surface area contributed by atoms with Gasteiger partial charge in [0, 0.05) is 37.2 Å². The van der Waals surface area contributed by atoms with Gasteiger partial charge >= 0.3 is 0 Å². The van der Waals surface area contributed by atoms with Gasteiger partial charge in [0.15, 0.2) is 0 Å². The Morgan fingerprint density at radius 1 is 1.43 bits per heavy atom. The lowest BCUT2D eigenvalue weighted by atomic mass is 10.1. The SMILES string of the molecule is Nc1ccn(C2CCOCC2)c(=O)c1. The minimum absolute atomic E-state index is 0.0168. The Morgan fingerprint density at radius 2 is 2.14 bits per heavy atom. The third-order valence-corrected chi connectivity index (χ3v) is 2.56. The van der Waals surface area contributed by atoms with Gasteiger partial charge in [0.25, 0.3) is 5.56 Å². The highest BCUT2D eigenvalue weighted by atomic mass is 16.5. The highest BCUT2D eigenvalue weighted by molar-refractivity contribution is 5.34. The number of nitrogens with two attached hydrogens (primary N) is 1. The Morgan fingerprint density at radius 3 is 2.79 bits per heavy atom. The van der Waals surface area contributed by atoms with Crippen molar-refractivity contribution in [3.8, 4) is 0 Å². The van der Waals surface area contributed by atoms with E-state index in [4.69, 9.17) is 10.5 Å². The molecule has 0 radical (unpaired) electrons. The van der Waals surface area contributed by atoms with Crippen LogP contribution in [-0.4, -0.2) is 17.8 Å². The highest BCUT2D eigenvalue weighted by Gasteiger charge is 2.15. The second-order valence-electron chi connectivity index (χ2n) is 3.55. The second-order valence-corrected chi connectivity index (χ2v) is 3.55. The Hall–Kier alpha value is -1.29. The number of aromatic nitrogens is 1. The zero-order chi connectivity index (χ0) is 9.97. The van der Waals surface area contributed by atoms with Gasteiger partial charge in [-0.3, -0.25) is 4.79 Å². The van der Waals surface area contributed by atoms with Gasteiger partial charge in [-0.05, 0) is 18.9 Å². The summed E-state index contributed by atoms with van der Waals surface area (Å²) in [6, 6.07) is 3.50. The van der Waals surface area contributed by atoms with Gasteiger partial charge in [-0.25, -0.2) is 0 Å². The molecule has 2 heterocycles. The molecule has 0 aliphatic carbocycles. The molecule has 4 heteroatoms. The standard InChI is InChI=1S/C10H14N2O2/c11-8-1-4-12(10(13)7-8)9-2-5-14-6-3-9/h1,4,7,9H,2-3,5-6,11H2. The summed E-state index contributed by atoms with van der Waals surface area (Å²) < 4.78 is 6.99. The lowest BCUT2D eigenvalue weighted by molar-refractivity contribution is 0.0687. The first-order valence-corrected chi connectivity index (χ1v) is 4.83. The van der Waals surface area contributed by atoms with Crippen LogP contribution in [0.2, 0.25) is 0 Å². The zero-order valence-corrected chi connectivity index (χ0v) is 7.98. The Kier molecular flexibility index (Phi) is 2.54. The van der Waals surface area contributed by atoms with Crippen molar-refractivity contribution in [2.24, 2.45) is 0 Å². The average Bonchev–Trinajstić information content (AvgIpc) is 2.19. The lowest BCUT2D eigenvalue weighted by Crippen LogP contribution is -2.28. The quantitative estimate of drug-likeness (QED) is 0.718. The van der Waals surface area contributed by atoms with Crippen LogP contribution in [0.4, 0.5) is 5.69 Å². The summed E-state index contributed by atoms with van der Waals surface area (Å²) in [6.07, 6.45) is 3.58. The van der Waals surface area contributed by atoms with Gasteiger partial charge in [-0.15, -0.1) is 0 Å². The van der Waals surface area contributed by atoms with Crippen LogP contribution in [-0.2, 0) is 4.74 Å². The van der Waals surface area contributed by atoms with Crippen LogP contribution in [0.5, 0.6) is 0 Å². The molecular formula is C10H14N2O2. The van der Waals surface area contributed by atoms with E-state index in [1.807, 2.05) is 0 Å². The molecule has 76 valence electrons. The molecule has 2 N–H and O–H groups in total. The Balaban J connectivity index is 2.26. The number of hydrogen-bond acceptors (Lipinski definition) is 3. The fourth-order valence-corrected chi connectivity index (χ4v) is 1.77. The van der Waals surface area contributed by atoms with Crippen molar-refractivity contribution in [2.75, 3.05) is 18.9 Å². The van der Waals surface area contributed by atoms with Crippen molar-refractivity contribution < 1.29 is 4.74 Å². The molecule has 0 saturated carbocycles. The number of ether oxygens (including phenoxy) is 1. The van der Waals surface area contributed by atoms with Gasteiger partial charge in [-0.1, -0.05) is 0 Å². The van der Waals surface area contributed by atoms with Gasteiger partial charge < -0.3 is 15.0 Å². The first-order valence-electron chi connectivity index (χ1n) is 4.83. The highest BCUT2D eigenvalue weighted by Crippen LogP contribution is 2.18. The van der Waals surface area contributed by atoms with E-state index in [2.05, 4.69) is 0 Å². The molecule has 1 aliphatic heterocycles. The van der Waals surface area contributed by atoms with Crippen LogP contribution in [0.15, 0.2) is 23.1 Å². The molecule has 0 unspecified atom stereocenters. The third kappa shape index (κ3) is 1.80. The molecule has 14 heavy (non-hydrogen) atoms. The van der Waals surface area contributed by atoms with E-state index in [0.717, 1.165) is 26.1 Å². The largest absolute Gasteiger partial charge is 0.399 e. The molecule has 0 bridgehead atoms. The van der Waals surface area contributed by atoms with E-state index in [0.29, 0.717) is 5.69 Å². The maximum atomic E-state index is 11.6. The number of nitrogen functional groups attached to an aromatic ring is 1. The van der Waals surface area contributed by atoms with Crippen molar-refractivity contribution in [3.63, 3.8) is 0 Å². The topological polar surface area (TPSA) is 57.2 Å². The predicted molar refractivity (Wildman–Crippen MR) is 54.2 cm³/mol. The van der Waals surface area contributed by atoms with Crippen LogP contribution in [0.3, 0.4) is 0 Å². The van der Waals surface area contributed by atoms with Gasteiger partial charge in [0.2, 0.25) is 0 Å². The van der Waals surface area contributed by atoms with Crippen molar-refractivity contribution in [2.45, 2.75) is 18.9 Å². The van der Waals surface area contributed by atoms with Crippen molar-refractivity contribution >= 4 is 5.69 Å². The van der Waals surface area contributed by atoms with E-state index in [9.17, 15) is 4.79 Å². The molecule has 1 fully saturated rings. The van der Waals surface area contributed by atoms with Gasteiger partial charge in [0.1, 0.15) is 0 Å². The zero-order valence-electron chi connectivity index (χ0n) is 7.98. The van der Waals surface area contributed by atoms with Gasteiger partial charge in [-0.2, -0.15) is 0 Å². The molecule has 0 atom stereocenters. The number of rotatable bonds is 1. The van der Waals surface area contributed by atoms with Crippen LogP contribution in [0.25, 0.3) is 0 Å². The normalized spacial score (nSPS) is 18.3. The summed E-state index contributed by atoms with van der Waals surface area (Å²) in [5, 5.41) is 0. The fourth-order valence-electron chi connectivity index (χ4n) is 1.77. The summed E-state index contributed by atoms with van der Waals surface area (Å²) in [5.74, 6) is 0. The molecule has 4 nitrogen and oxygen atoms in total. The molecule has 0 spiro atoms. The number of nitrogens with zero attached hydrogens (tertiary/aromatic N) is 1. The Labute approximate surface area is 82.3 Å². The molecular weight excluding hydrogens is 180 g/mol. The van der Waals surface area contributed by atoms with Crippen LogP contribution < -0.4 is 11.3 Å². The molecule has 2 rings (SSSR count). The lowest BCUT2D eigenvalue weighted by Gasteiger charge is -2.24. The summed E-state index contributed by atoms with van der Waals surface area (Å²) >= 11 is 0. The van der Waals surface area contributed by atoms with Crippen molar-refractivity contribution in [1.29, 1.82) is 0 Å². The fraction of sp³-hybridized carbons (Fsp3) is 0.500. The number of hydrogen-bond donors (Lipinski definition) is 1. The summed E-state index contributed by atoms with van der Waals surface area (Å²) in [5.41, 5.74) is 6.03. The van der Waals surface area contributed by atoms with E-state index in [-0.39, 0.29) is 11.6 Å². The second kappa shape index (κ2) is 3.84. The van der Waals surface area contributed by atoms with Crippen molar-refractivity contribution in [1.82, 2.24) is 4.57 Å². The monoisotopic (exact) mass is 194 g/mol. The molecule has 1 aromatic rings. The number of anilines is 1. The molecule has 0 aromatic carbocycles. The van der Waals surface area contributed by atoms with E-state index < -0.39 is 0 Å². The minimum atomic E-state index is -0.0168. The maximum Gasteiger partial charge on any atom is 0.252 e. The van der Waals surface area contributed by atoms with E-state index in [1.165, 1.54) is 6.07 Å². The van der Waals surface area contributed by atoms with Gasteiger partial charge in [0.05, 0.1) is 0 Å². The third-order valence-electron chi connectivity index (χ3n) is 2.56. The molecule has 0 amide bonds. The smallest absolute Gasteiger partial charge is 0.252 e. The summed E-state index contributed by atoms with van der Waals surface area (Å²) in [7, 11) is 0. The molecule has 1 aromatic heterocycles. The van der Waals surface area contributed by atoms with E-state index in [1.54, 1.807) is 16.8 Å². The Bertz CT molecular complexity index is 367. The maximum absolute atomic E-state index is 11.6. The average molecular weight is 194 g/mol. The van der Waals surface area contributed by atoms with Crippen LogP contribution in [0, 0.1) is 0 Å². The minimum Gasteiger partial charge on any atom is -0.399 e. The molecule has 1 saturated heterocycles.